The maximum atomic E-state index is 11.8. The molecule has 3 heterocycles. The van der Waals surface area contributed by atoms with Crippen LogP contribution in [-0.2, 0) is 0 Å². The van der Waals surface area contributed by atoms with Crippen molar-refractivity contribution < 1.29 is 9.90 Å². The van der Waals surface area contributed by atoms with Crippen molar-refractivity contribution in [3.63, 3.8) is 0 Å². The molecule has 1 aliphatic rings. The zero-order valence-corrected chi connectivity index (χ0v) is 16.7. The van der Waals surface area contributed by atoms with E-state index in [9.17, 15) is 9.90 Å². The van der Waals surface area contributed by atoms with Crippen molar-refractivity contribution in [1.82, 2.24) is 19.5 Å². The van der Waals surface area contributed by atoms with E-state index in [0.717, 1.165) is 41.7 Å². The van der Waals surface area contributed by atoms with Crippen LogP contribution in [0.1, 0.15) is 19.3 Å². The summed E-state index contributed by atoms with van der Waals surface area (Å²) < 4.78 is 1.96. The lowest BCUT2D eigenvalue weighted by Gasteiger charge is -2.35. The van der Waals surface area contributed by atoms with Crippen molar-refractivity contribution in [2.45, 2.75) is 25.3 Å². The number of aromatic nitrogens is 4. The van der Waals surface area contributed by atoms with Gasteiger partial charge in [0.05, 0.1) is 11.4 Å². The highest BCUT2D eigenvalue weighted by Gasteiger charge is 2.30. The largest absolute Gasteiger partial charge is 0.465 e. The topological polar surface area (TPSA) is 84.1 Å². The maximum Gasteiger partial charge on any atom is 0.412 e. The fourth-order valence-corrected chi connectivity index (χ4v) is 3.95. The first-order valence-corrected chi connectivity index (χ1v) is 10.1. The molecule has 0 unspecified atom stereocenters. The normalized spacial score (nSPS) is 13.9. The lowest BCUT2D eigenvalue weighted by molar-refractivity contribution is 0.194. The highest BCUT2D eigenvalue weighted by Crippen LogP contribution is 2.33. The van der Waals surface area contributed by atoms with Crippen molar-refractivity contribution in [3.05, 3.63) is 66.2 Å². The molecule has 5 rings (SSSR count). The summed E-state index contributed by atoms with van der Waals surface area (Å²) in [5.74, 6) is 0. The molecule has 4 aromatic rings. The number of pyridine rings is 1. The fourth-order valence-electron chi connectivity index (χ4n) is 3.82. The van der Waals surface area contributed by atoms with Crippen LogP contribution in [0.15, 0.2) is 60.9 Å². The third-order valence-corrected chi connectivity index (χ3v) is 5.65. The van der Waals surface area contributed by atoms with Crippen molar-refractivity contribution in [3.8, 4) is 17.1 Å². The van der Waals surface area contributed by atoms with Crippen molar-refractivity contribution in [2.75, 3.05) is 4.90 Å². The maximum absolute atomic E-state index is 11.8. The van der Waals surface area contributed by atoms with Crippen LogP contribution < -0.4 is 4.90 Å². The summed E-state index contributed by atoms with van der Waals surface area (Å²) >= 11 is 6.07. The lowest BCUT2D eigenvalue weighted by Crippen LogP contribution is -2.43. The molecule has 150 valence electrons. The Morgan fingerprint density at radius 2 is 1.93 bits per heavy atom. The van der Waals surface area contributed by atoms with Gasteiger partial charge in [0.25, 0.3) is 0 Å². The number of nitrogens with zero attached hydrogens (tertiary/aromatic N) is 5. The molecule has 7 nitrogen and oxygen atoms in total. The highest BCUT2D eigenvalue weighted by atomic mass is 35.5. The van der Waals surface area contributed by atoms with Crippen LogP contribution >= 0.6 is 11.6 Å². The summed E-state index contributed by atoms with van der Waals surface area (Å²) in [6.45, 7) is 0. The van der Waals surface area contributed by atoms with Crippen molar-refractivity contribution in [2.24, 2.45) is 0 Å². The molecule has 3 aromatic heterocycles. The van der Waals surface area contributed by atoms with Gasteiger partial charge in [-0.2, -0.15) is 4.98 Å². The monoisotopic (exact) mass is 419 g/mol. The van der Waals surface area contributed by atoms with Gasteiger partial charge in [-0.3, -0.25) is 14.5 Å². The summed E-state index contributed by atoms with van der Waals surface area (Å²) in [4.78, 5) is 26.2. The molecule has 1 aromatic carbocycles. The van der Waals surface area contributed by atoms with Gasteiger partial charge in [0, 0.05) is 35.2 Å². The van der Waals surface area contributed by atoms with E-state index < -0.39 is 6.09 Å². The molecule has 0 spiro atoms. The second-order valence-corrected chi connectivity index (χ2v) is 7.59. The van der Waals surface area contributed by atoms with E-state index in [1.54, 1.807) is 12.4 Å². The Bertz CT molecular complexity index is 1220. The van der Waals surface area contributed by atoms with Gasteiger partial charge in [-0.25, -0.2) is 9.78 Å². The molecule has 0 radical (unpaired) electrons. The van der Waals surface area contributed by atoms with Crippen LogP contribution in [0.5, 0.6) is 0 Å². The smallest absolute Gasteiger partial charge is 0.412 e. The van der Waals surface area contributed by atoms with Crippen LogP contribution in [-0.4, -0.2) is 36.8 Å². The molecular formula is C22H18ClN5O2. The summed E-state index contributed by atoms with van der Waals surface area (Å²) in [6.07, 6.45) is 5.36. The minimum atomic E-state index is -0.924. The highest BCUT2D eigenvalue weighted by molar-refractivity contribution is 6.28. The summed E-state index contributed by atoms with van der Waals surface area (Å²) in [5, 5.41) is 10.7. The van der Waals surface area contributed by atoms with Gasteiger partial charge < -0.3 is 5.11 Å². The predicted molar refractivity (Wildman–Crippen MR) is 115 cm³/mol. The van der Waals surface area contributed by atoms with E-state index in [0.29, 0.717) is 11.3 Å². The number of carbonyl (C=O) groups is 1. The molecule has 0 saturated heterocycles. The molecule has 8 heteroatoms. The first-order chi connectivity index (χ1) is 14.6. The predicted octanol–water partition coefficient (Wildman–Crippen LogP) is 5.17. The zero-order chi connectivity index (χ0) is 20.7. The van der Waals surface area contributed by atoms with Crippen LogP contribution in [0.2, 0.25) is 5.28 Å². The van der Waals surface area contributed by atoms with Crippen LogP contribution in [0.25, 0.3) is 28.1 Å². The average Bonchev–Trinajstić information content (AvgIpc) is 3.10. The number of carboxylic acid groups (broad SMARTS) is 1. The van der Waals surface area contributed by atoms with E-state index in [4.69, 9.17) is 11.6 Å². The van der Waals surface area contributed by atoms with Crippen molar-refractivity contribution >= 4 is 34.4 Å². The molecule has 30 heavy (non-hydrogen) atoms. The van der Waals surface area contributed by atoms with Gasteiger partial charge in [-0.1, -0.05) is 6.07 Å². The van der Waals surface area contributed by atoms with E-state index >= 15 is 0 Å². The zero-order valence-electron chi connectivity index (χ0n) is 15.9. The van der Waals surface area contributed by atoms with Gasteiger partial charge in [0.2, 0.25) is 5.28 Å². The van der Waals surface area contributed by atoms with Crippen LogP contribution in [0.3, 0.4) is 0 Å². The van der Waals surface area contributed by atoms with E-state index in [1.165, 1.54) is 4.90 Å². The first-order valence-electron chi connectivity index (χ1n) is 9.70. The number of halogens is 1. The van der Waals surface area contributed by atoms with Gasteiger partial charge in [-0.05, 0) is 73.3 Å². The second-order valence-electron chi connectivity index (χ2n) is 7.25. The number of anilines is 1. The van der Waals surface area contributed by atoms with E-state index in [-0.39, 0.29) is 11.3 Å². The summed E-state index contributed by atoms with van der Waals surface area (Å²) in [6, 6.07) is 15.2. The minimum Gasteiger partial charge on any atom is -0.465 e. The number of benzene rings is 1. The Kier molecular flexibility index (Phi) is 4.59. The van der Waals surface area contributed by atoms with Crippen molar-refractivity contribution in [1.29, 1.82) is 0 Å². The number of rotatable bonds is 4. The second kappa shape index (κ2) is 7.42. The molecule has 1 aliphatic carbocycles. The van der Waals surface area contributed by atoms with Crippen LogP contribution in [0.4, 0.5) is 10.5 Å². The number of hydrogen-bond donors (Lipinski definition) is 1. The van der Waals surface area contributed by atoms with Gasteiger partial charge in [0.1, 0.15) is 5.65 Å². The molecule has 1 N–H and O–H groups in total. The Hall–Kier alpha value is -3.45. The third kappa shape index (κ3) is 3.17. The quantitative estimate of drug-likeness (QED) is 0.461. The molecule has 1 saturated carbocycles. The van der Waals surface area contributed by atoms with Gasteiger partial charge >= 0.3 is 6.09 Å². The van der Waals surface area contributed by atoms with E-state index in [1.807, 2.05) is 53.1 Å². The average molecular weight is 420 g/mol. The van der Waals surface area contributed by atoms with Gasteiger partial charge in [0.15, 0.2) is 0 Å². The summed E-state index contributed by atoms with van der Waals surface area (Å²) in [5.41, 5.74) is 3.81. The van der Waals surface area contributed by atoms with Gasteiger partial charge in [-0.15, -0.1) is 0 Å². The Morgan fingerprint density at radius 1 is 1.13 bits per heavy atom. The molecule has 0 bridgehead atoms. The third-order valence-electron chi connectivity index (χ3n) is 5.47. The molecule has 1 amide bonds. The van der Waals surface area contributed by atoms with Crippen LogP contribution in [0, 0.1) is 0 Å². The SMILES string of the molecule is O=C(O)N(c1ccc(-n2c(-c3ccccn3)cc3cnc(Cl)nc32)cc1)C1CCC1. The van der Waals surface area contributed by atoms with E-state index in [2.05, 4.69) is 15.0 Å². The Labute approximate surface area is 177 Å². The minimum absolute atomic E-state index is 0.0522. The number of fused-ring (bicyclic) bond motifs is 1. The Morgan fingerprint density at radius 3 is 2.57 bits per heavy atom. The molecule has 0 atom stereocenters. The first kappa shape index (κ1) is 18.6. The molecule has 1 fully saturated rings. The number of amides is 1. The standard InChI is InChI=1S/C22H18ClN5O2/c23-21-25-13-14-12-19(18-6-1-2-11-24-18)28(20(14)26-21)17-9-7-16(8-10-17)27(22(29)30)15-4-3-5-15/h1-2,6-13,15H,3-5H2,(H,29,30). The summed E-state index contributed by atoms with van der Waals surface area (Å²) in [7, 11) is 0. The fraction of sp³-hybridized carbons (Fsp3) is 0.182. The molecular weight excluding hydrogens is 402 g/mol. The molecule has 0 aliphatic heterocycles. The Balaban J connectivity index is 1.63. The number of hydrogen-bond acceptors (Lipinski definition) is 4. The lowest BCUT2D eigenvalue weighted by atomic mass is 9.91.